The van der Waals surface area contributed by atoms with E-state index in [1.54, 1.807) is 13.8 Å². The van der Waals surface area contributed by atoms with Crippen LogP contribution in [0.15, 0.2) is 48.5 Å². The molecule has 0 spiro atoms. The molecular formula is C21H25ClO4. The number of esters is 1. The Bertz CT molecular complexity index is 706. The molecule has 0 fully saturated rings. The number of hydrogen-bond acceptors (Lipinski definition) is 4. The van der Waals surface area contributed by atoms with Crippen molar-refractivity contribution in [1.29, 1.82) is 0 Å². The van der Waals surface area contributed by atoms with Gasteiger partial charge in [-0.2, -0.15) is 0 Å². The zero-order valence-electron chi connectivity index (χ0n) is 15.6. The van der Waals surface area contributed by atoms with Gasteiger partial charge in [-0.15, -0.1) is 0 Å². The Hall–Kier alpha value is -2.20. The lowest BCUT2D eigenvalue weighted by Crippen LogP contribution is -2.34. The van der Waals surface area contributed by atoms with Gasteiger partial charge in [-0.25, -0.2) is 0 Å². The van der Waals surface area contributed by atoms with Crippen molar-refractivity contribution in [3.8, 4) is 11.5 Å². The van der Waals surface area contributed by atoms with E-state index in [1.807, 2.05) is 62.4 Å². The molecule has 0 unspecified atom stereocenters. The van der Waals surface area contributed by atoms with Crippen LogP contribution in [0.25, 0.3) is 0 Å². The van der Waals surface area contributed by atoms with Crippen LogP contribution in [0, 0.1) is 5.41 Å². The van der Waals surface area contributed by atoms with Gasteiger partial charge < -0.3 is 14.2 Å². The van der Waals surface area contributed by atoms with Gasteiger partial charge in [0.25, 0.3) is 0 Å². The first-order chi connectivity index (χ1) is 12.3. The van der Waals surface area contributed by atoms with Gasteiger partial charge in [-0.3, -0.25) is 4.79 Å². The third-order valence-corrected chi connectivity index (χ3v) is 3.89. The Labute approximate surface area is 160 Å². The van der Waals surface area contributed by atoms with Crippen LogP contribution in [0.1, 0.15) is 33.3 Å². The van der Waals surface area contributed by atoms with Crippen LogP contribution in [0.5, 0.6) is 11.5 Å². The molecule has 0 radical (unpaired) electrons. The van der Waals surface area contributed by atoms with Gasteiger partial charge in [-0.05, 0) is 69.7 Å². The summed E-state index contributed by atoms with van der Waals surface area (Å²) in [6.45, 7) is 7.98. The summed E-state index contributed by atoms with van der Waals surface area (Å²) in [5, 5.41) is 0.704. The standard InChI is InChI=1S/C21H25ClO4/c1-15(2)26-20(23)21(3,4)14-25-19-11-9-18(10-12-19)24-13-16-5-7-17(22)8-6-16/h5-12,15H,13-14H2,1-4H3. The van der Waals surface area contributed by atoms with Crippen molar-refractivity contribution in [2.75, 3.05) is 6.61 Å². The van der Waals surface area contributed by atoms with Crippen LogP contribution in [-0.2, 0) is 16.1 Å². The quantitative estimate of drug-likeness (QED) is 0.588. The molecule has 140 valence electrons. The second-order valence-electron chi connectivity index (χ2n) is 7.01. The molecule has 0 bridgehead atoms. The molecule has 0 aliphatic carbocycles. The summed E-state index contributed by atoms with van der Waals surface area (Å²) in [4.78, 5) is 12.1. The second kappa shape index (κ2) is 8.95. The van der Waals surface area contributed by atoms with Gasteiger partial charge in [0.2, 0.25) is 0 Å². The minimum absolute atomic E-state index is 0.140. The SMILES string of the molecule is CC(C)OC(=O)C(C)(C)COc1ccc(OCc2ccc(Cl)cc2)cc1. The fourth-order valence-electron chi connectivity index (χ4n) is 2.08. The largest absolute Gasteiger partial charge is 0.492 e. The fraction of sp³-hybridized carbons (Fsp3) is 0.381. The monoisotopic (exact) mass is 376 g/mol. The highest BCUT2D eigenvalue weighted by Gasteiger charge is 2.31. The zero-order valence-corrected chi connectivity index (χ0v) is 16.4. The predicted molar refractivity (Wildman–Crippen MR) is 103 cm³/mol. The Balaban J connectivity index is 1.85. The lowest BCUT2D eigenvalue weighted by atomic mass is 9.95. The van der Waals surface area contributed by atoms with Gasteiger partial charge >= 0.3 is 5.97 Å². The first-order valence-corrected chi connectivity index (χ1v) is 8.95. The lowest BCUT2D eigenvalue weighted by molar-refractivity contribution is -0.159. The molecule has 4 nitrogen and oxygen atoms in total. The molecule has 26 heavy (non-hydrogen) atoms. The van der Waals surface area contributed by atoms with E-state index in [2.05, 4.69) is 0 Å². The number of rotatable bonds is 8. The first-order valence-electron chi connectivity index (χ1n) is 8.57. The highest BCUT2D eigenvalue weighted by molar-refractivity contribution is 6.30. The minimum atomic E-state index is -0.714. The van der Waals surface area contributed by atoms with Crippen LogP contribution in [0.4, 0.5) is 0 Å². The molecule has 0 saturated carbocycles. The summed E-state index contributed by atoms with van der Waals surface area (Å²) in [6, 6.07) is 14.8. The van der Waals surface area contributed by atoms with Crippen LogP contribution >= 0.6 is 11.6 Å². The highest BCUT2D eigenvalue weighted by Crippen LogP contribution is 2.23. The van der Waals surface area contributed by atoms with E-state index in [1.165, 1.54) is 0 Å². The lowest BCUT2D eigenvalue weighted by Gasteiger charge is -2.24. The van der Waals surface area contributed by atoms with E-state index < -0.39 is 5.41 Å². The van der Waals surface area contributed by atoms with Crippen LogP contribution in [0.2, 0.25) is 5.02 Å². The molecule has 0 amide bonds. The molecule has 2 aromatic carbocycles. The van der Waals surface area contributed by atoms with E-state index in [0.717, 1.165) is 11.3 Å². The van der Waals surface area contributed by atoms with Crippen LogP contribution < -0.4 is 9.47 Å². The summed E-state index contributed by atoms with van der Waals surface area (Å²) in [5.74, 6) is 1.15. The van der Waals surface area contributed by atoms with Gasteiger partial charge in [0.15, 0.2) is 0 Å². The maximum Gasteiger partial charge on any atom is 0.315 e. The van der Waals surface area contributed by atoms with E-state index >= 15 is 0 Å². The summed E-state index contributed by atoms with van der Waals surface area (Å²) >= 11 is 5.87. The topological polar surface area (TPSA) is 44.8 Å². The maximum absolute atomic E-state index is 12.1. The summed E-state index contributed by atoms with van der Waals surface area (Å²) < 4.78 is 16.7. The van der Waals surface area contributed by atoms with Crippen molar-refractivity contribution < 1.29 is 19.0 Å². The number of halogens is 1. The van der Waals surface area contributed by atoms with Crippen molar-refractivity contribution in [3.05, 3.63) is 59.1 Å². The smallest absolute Gasteiger partial charge is 0.315 e. The van der Waals surface area contributed by atoms with E-state index in [9.17, 15) is 4.79 Å². The van der Waals surface area contributed by atoms with Crippen molar-refractivity contribution in [1.82, 2.24) is 0 Å². The van der Waals surface area contributed by atoms with Gasteiger partial charge in [0.05, 0.1) is 11.5 Å². The van der Waals surface area contributed by atoms with E-state index in [-0.39, 0.29) is 18.7 Å². The van der Waals surface area contributed by atoms with Crippen LogP contribution in [0.3, 0.4) is 0 Å². The van der Waals surface area contributed by atoms with Crippen LogP contribution in [-0.4, -0.2) is 18.7 Å². The number of carbonyl (C=O) groups is 1. The number of hydrogen-bond donors (Lipinski definition) is 0. The maximum atomic E-state index is 12.1. The van der Waals surface area contributed by atoms with Crippen molar-refractivity contribution >= 4 is 17.6 Å². The molecule has 0 saturated heterocycles. The minimum Gasteiger partial charge on any atom is -0.492 e. The molecule has 0 aliphatic heterocycles. The fourth-order valence-corrected chi connectivity index (χ4v) is 2.20. The highest BCUT2D eigenvalue weighted by atomic mass is 35.5. The van der Waals surface area contributed by atoms with Gasteiger partial charge in [0.1, 0.15) is 24.7 Å². The number of ether oxygens (including phenoxy) is 3. The Kier molecular flexibility index (Phi) is 6.92. The van der Waals surface area contributed by atoms with Gasteiger partial charge in [0, 0.05) is 5.02 Å². The molecule has 0 N–H and O–H groups in total. The molecular weight excluding hydrogens is 352 g/mol. The van der Waals surface area contributed by atoms with E-state index in [0.29, 0.717) is 17.4 Å². The Morgan fingerprint density at radius 3 is 2.04 bits per heavy atom. The molecule has 0 aromatic heterocycles. The molecule has 2 rings (SSSR count). The second-order valence-corrected chi connectivity index (χ2v) is 7.45. The molecule has 5 heteroatoms. The van der Waals surface area contributed by atoms with Crippen molar-refractivity contribution in [2.24, 2.45) is 5.41 Å². The first kappa shape index (κ1) is 20.1. The van der Waals surface area contributed by atoms with Crippen molar-refractivity contribution in [3.63, 3.8) is 0 Å². The van der Waals surface area contributed by atoms with Gasteiger partial charge in [-0.1, -0.05) is 23.7 Å². The van der Waals surface area contributed by atoms with Crippen molar-refractivity contribution in [2.45, 2.75) is 40.4 Å². The summed E-state index contributed by atoms with van der Waals surface area (Å²) in [5.41, 5.74) is 0.328. The average Bonchev–Trinajstić information content (AvgIpc) is 2.60. The molecule has 2 aromatic rings. The molecule has 0 aliphatic rings. The summed E-state index contributed by atoms with van der Waals surface area (Å²) in [6.07, 6.45) is -0.140. The third-order valence-electron chi connectivity index (χ3n) is 3.64. The third kappa shape index (κ3) is 6.26. The average molecular weight is 377 g/mol. The summed E-state index contributed by atoms with van der Waals surface area (Å²) in [7, 11) is 0. The zero-order chi connectivity index (χ0) is 19.2. The molecule has 0 heterocycles. The number of carbonyl (C=O) groups excluding carboxylic acids is 1. The predicted octanol–water partition coefficient (Wildman–Crippen LogP) is 5.28. The van der Waals surface area contributed by atoms with E-state index in [4.69, 9.17) is 25.8 Å². The normalized spacial score (nSPS) is 11.3. The number of benzene rings is 2. The molecule has 0 atom stereocenters. The Morgan fingerprint density at radius 2 is 1.50 bits per heavy atom. The Morgan fingerprint density at radius 1 is 0.962 bits per heavy atom.